The monoisotopic (exact) mass is 336 g/mol. The van der Waals surface area contributed by atoms with Crippen LogP contribution >= 0.6 is 0 Å². The first-order valence-corrected chi connectivity index (χ1v) is 12.3. The third-order valence-electron chi connectivity index (χ3n) is 2.45. The quantitative estimate of drug-likeness (QED) is 0.481. The predicted octanol–water partition coefficient (Wildman–Crippen LogP) is 2.83. The number of carbonyl (C=O) groups is 2. The van der Waals surface area contributed by atoms with Crippen molar-refractivity contribution in [3.63, 3.8) is 0 Å². The number of hydrogen-bond acceptors (Lipinski definition) is 3. The molecule has 0 aromatic carbocycles. The summed E-state index contributed by atoms with van der Waals surface area (Å²) in [6, 6.07) is 0. The zero-order valence-corrected chi connectivity index (χ0v) is 14.0. The third-order valence-corrected chi connectivity index (χ3v) is 10.2. The van der Waals surface area contributed by atoms with Gasteiger partial charge in [-0.3, -0.25) is 0 Å². The molecule has 94 valence electrons. The Morgan fingerprint density at radius 1 is 1.06 bits per heavy atom. The number of rotatable bonds is 9. The maximum absolute atomic E-state index is 11.4. The van der Waals surface area contributed by atoms with Crippen molar-refractivity contribution in [1.82, 2.24) is 0 Å². The minimum absolute atomic E-state index is 0.0360. The van der Waals surface area contributed by atoms with Gasteiger partial charge in [0.1, 0.15) is 0 Å². The van der Waals surface area contributed by atoms with E-state index in [1.807, 2.05) is 0 Å². The topological polar surface area (TPSA) is 43.4 Å². The van der Waals surface area contributed by atoms with Crippen molar-refractivity contribution in [3.8, 4) is 0 Å². The van der Waals surface area contributed by atoms with E-state index in [0.29, 0.717) is 0 Å². The molecule has 3 nitrogen and oxygen atoms in total. The Bertz CT molecular complexity index is 208. The molecular weight excluding hydrogens is 311 g/mol. The van der Waals surface area contributed by atoms with Crippen molar-refractivity contribution in [1.29, 1.82) is 0 Å². The number of carbonyl (C=O) groups excluding carboxylic acids is 2. The Morgan fingerprint density at radius 2 is 1.56 bits per heavy atom. The van der Waals surface area contributed by atoms with E-state index < -0.39 is 20.2 Å². The molecule has 0 aromatic rings. The molecule has 0 saturated heterocycles. The van der Waals surface area contributed by atoms with E-state index in [9.17, 15) is 9.59 Å². The van der Waals surface area contributed by atoms with E-state index in [1.54, 1.807) is 0 Å². The first-order valence-electron chi connectivity index (χ1n) is 6.29. The Kier molecular flexibility index (Phi) is 10.1. The van der Waals surface area contributed by atoms with Crippen LogP contribution in [0.25, 0.3) is 0 Å². The second kappa shape index (κ2) is 10.1. The average molecular weight is 335 g/mol. The molecule has 0 fully saturated rings. The Balaban J connectivity index is 3.97. The molecule has 0 unspecified atom stereocenters. The van der Waals surface area contributed by atoms with Crippen molar-refractivity contribution in [2.75, 3.05) is 0 Å². The normalized spacial score (nSPS) is 10.5. The van der Waals surface area contributed by atoms with E-state index in [-0.39, 0.29) is 18.2 Å². The van der Waals surface area contributed by atoms with Gasteiger partial charge in [0, 0.05) is 0 Å². The van der Waals surface area contributed by atoms with Gasteiger partial charge in [0.05, 0.1) is 0 Å². The minimum atomic E-state index is -2.10. The third kappa shape index (κ3) is 9.19. The maximum atomic E-state index is 11.4. The van der Waals surface area contributed by atoms with E-state index in [0.717, 1.165) is 34.6 Å². The summed E-state index contributed by atoms with van der Waals surface area (Å²) in [7, 11) is 0. The summed E-state index contributed by atoms with van der Waals surface area (Å²) in [4.78, 5) is 22.2. The van der Waals surface area contributed by atoms with Gasteiger partial charge in [-0.25, -0.2) is 0 Å². The van der Waals surface area contributed by atoms with E-state index >= 15 is 0 Å². The molecule has 0 rings (SSSR count). The SMILES string of the molecule is CCC[CH2][SnH]([CH2]CCC)[O]C(=O)CC(C)=O. The molecular formula is C12H24O3Sn. The van der Waals surface area contributed by atoms with Crippen LogP contribution in [0.3, 0.4) is 0 Å². The van der Waals surface area contributed by atoms with Gasteiger partial charge in [-0.2, -0.15) is 0 Å². The van der Waals surface area contributed by atoms with Gasteiger partial charge < -0.3 is 0 Å². The fraction of sp³-hybridized carbons (Fsp3) is 0.833. The predicted molar refractivity (Wildman–Crippen MR) is 68.0 cm³/mol. The summed E-state index contributed by atoms with van der Waals surface area (Å²) < 4.78 is 7.77. The molecule has 0 aliphatic carbocycles. The Morgan fingerprint density at radius 3 is 1.94 bits per heavy atom. The van der Waals surface area contributed by atoms with Crippen LogP contribution in [0.15, 0.2) is 0 Å². The van der Waals surface area contributed by atoms with Gasteiger partial charge in [-0.05, 0) is 0 Å². The van der Waals surface area contributed by atoms with Crippen molar-refractivity contribution in [3.05, 3.63) is 0 Å². The van der Waals surface area contributed by atoms with E-state index in [4.69, 9.17) is 3.07 Å². The molecule has 0 aliphatic heterocycles. The van der Waals surface area contributed by atoms with Crippen LogP contribution in [-0.4, -0.2) is 31.9 Å². The average Bonchev–Trinajstić information content (AvgIpc) is 2.20. The van der Waals surface area contributed by atoms with Crippen LogP contribution in [0.5, 0.6) is 0 Å². The Hall–Kier alpha value is -0.0613. The second-order valence-electron chi connectivity index (χ2n) is 4.28. The molecule has 0 atom stereocenters. The summed E-state index contributed by atoms with van der Waals surface area (Å²) in [6.45, 7) is 5.74. The molecule has 0 spiro atoms. The molecule has 4 heteroatoms. The fourth-order valence-corrected chi connectivity index (χ4v) is 9.28. The second-order valence-corrected chi connectivity index (χ2v) is 11.8. The van der Waals surface area contributed by atoms with Crippen molar-refractivity contribution in [2.45, 2.75) is 61.7 Å². The molecule has 0 bridgehead atoms. The molecule has 16 heavy (non-hydrogen) atoms. The molecule has 0 heterocycles. The van der Waals surface area contributed by atoms with Gasteiger partial charge in [0.2, 0.25) is 0 Å². The molecule has 0 N–H and O–H groups in total. The van der Waals surface area contributed by atoms with Crippen molar-refractivity contribution >= 4 is 31.9 Å². The number of hydrogen-bond donors (Lipinski definition) is 0. The van der Waals surface area contributed by atoms with Gasteiger partial charge in [-0.1, -0.05) is 0 Å². The van der Waals surface area contributed by atoms with Crippen molar-refractivity contribution < 1.29 is 12.7 Å². The number of unbranched alkanes of at least 4 members (excludes halogenated alkanes) is 2. The van der Waals surface area contributed by atoms with Crippen LogP contribution < -0.4 is 0 Å². The van der Waals surface area contributed by atoms with E-state index in [2.05, 4.69) is 13.8 Å². The first-order chi connectivity index (χ1) is 7.60. The molecule has 0 amide bonds. The van der Waals surface area contributed by atoms with Crippen LogP contribution in [0, 0.1) is 0 Å². The van der Waals surface area contributed by atoms with Crippen LogP contribution in [0.2, 0.25) is 8.87 Å². The molecule has 0 aromatic heterocycles. The summed E-state index contributed by atoms with van der Waals surface area (Å²) in [6.07, 6.45) is 4.61. The van der Waals surface area contributed by atoms with Crippen LogP contribution in [-0.2, 0) is 12.7 Å². The molecule has 0 saturated carbocycles. The van der Waals surface area contributed by atoms with Crippen molar-refractivity contribution in [2.24, 2.45) is 0 Å². The van der Waals surface area contributed by atoms with Gasteiger partial charge >= 0.3 is 106 Å². The number of ketones is 1. The zero-order chi connectivity index (χ0) is 12.4. The fourth-order valence-electron chi connectivity index (χ4n) is 1.56. The van der Waals surface area contributed by atoms with Gasteiger partial charge in [0.25, 0.3) is 0 Å². The Labute approximate surface area is 106 Å². The van der Waals surface area contributed by atoms with Crippen LogP contribution in [0.1, 0.15) is 52.9 Å². The van der Waals surface area contributed by atoms with Gasteiger partial charge in [-0.15, -0.1) is 0 Å². The first kappa shape index (κ1) is 15.9. The van der Waals surface area contributed by atoms with Crippen LogP contribution in [0.4, 0.5) is 0 Å². The molecule has 0 aliphatic rings. The number of Topliss-reactive ketones (excluding diaryl/α,β-unsaturated/α-hetero) is 1. The van der Waals surface area contributed by atoms with Gasteiger partial charge in [0.15, 0.2) is 0 Å². The zero-order valence-electron chi connectivity index (χ0n) is 10.8. The summed E-state index contributed by atoms with van der Waals surface area (Å²) in [5.74, 6) is -0.374. The summed E-state index contributed by atoms with van der Waals surface area (Å²) >= 11 is -2.10. The summed E-state index contributed by atoms with van der Waals surface area (Å²) in [5, 5.41) is 0. The summed E-state index contributed by atoms with van der Waals surface area (Å²) in [5.41, 5.74) is 0. The molecule has 0 radical (unpaired) electrons. The standard InChI is InChI=1S/C4H6O3.2C4H9.Sn.H/c1-3(5)2-4(6)7;2*1-3-4-2;;/h2H2,1H3,(H,6,7);2*1,3-4H2,2H3;;/q;;;+1;/p-1. The van der Waals surface area contributed by atoms with E-state index in [1.165, 1.54) is 6.92 Å².